The molecule has 0 spiro atoms. The van der Waals surface area contributed by atoms with E-state index in [1.54, 1.807) is 38.1 Å². The molecular formula is C20H27FN3O7P. The lowest BCUT2D eigenvalue weighted by molar-refractivity contribution is -0.145. The molecule has 0 amide bonds. The van der Waals surface area contributed by atoms with Gasteiger partial charge in [0.2, 0.25) is 0 Å². The van der Waals surface area contributed by atoms with Crippen molar-refractivity contribution in [2.24, 2.45) is 0 Å². The monoisotopic (exact) mass is 471 g/mol. The summed E-state index contributed by atoms with van der Waals surface area (Å²) in [4.78, 5) is 36.8. The standard InChI is InChI=1S/C20H27FN3O7P/c1-14(2)30-19(26)12-22-32(31-15-7-5-4-6-8-15)29-13-16(28-3)11-17(21)24-10-9-18(25)23-20(24)27/h4-10,14,16-17,22H,11-13H2,1-3H3,(H,23,25,27). The number of aromatic nitrogens is 2. The van der Waals surface area contributed by atoms with Crippen LogP contribution in [-0.2, 0) is 18.8 Å². The largest absolute Gasteiger partial charge is 0.462 e. The van der Waals surface area contributed by atoms with Gasteiger partial charge in [-0.2, -0.15) is 0 Å². The number of hydrogen-bond donors (Lipinski definition) is 2. The highest BCUT2D eigenvalue weighted by Gasteiger charge is 2.22. The van der Waals surface area contributed by atoms with Gasteiger partial charge in [0.1, 0.15) is 12.3 Å². The number of aromatic amines is 1. The first kappa shape index (κ1) is 25.7. The first-order valence-electron chi connectivity index (χ1n) is 9.86. The Kier molecular flexibility index (Phi) is 10.5. The van der Waals surface area contributed by atoms with E-state index in [1.807, 2.05) is 11.1 Å². The molecule has 1 aromatic heterocycles. The molecule has 176 valence electrons. The Morgan fingerprint density at radius 2 is 1.94 bits per heavy atom. The number of benzene rings is 1. The Morgan fingerprint density at radius 1 is 1.22 bits per heavy atom. The fourth-order valence-corrected chi connectivity index (χ4v) is 3.56. The van der Waals surface area contributed by atoms with Crippen molar-refractivity contribution in [1.29, 1.82) is 0 Å². The lowest BCUT2D eigenvalue weighted by atomic mass is 10.2. The number of methoxy groups -OCH3 is 1. The number of ether oxygens (including phenoxy) is 2. The van der Waals surface area contributed by atoms with E-state index in [0.717, 1.165) is 16.8 Å². The molecule has 1 heterocycles. The molecule has 0 bridgehead atoms. The van der Waals surface area contributed by atoms with Crippen LogP contribution < -0.4 is 20.9 Å². The number of para-hydroxylation sites is 1. The third-order valence-electron chi connectivity index (χ3n) is 3.97. The van der Waals surface area contributed by atoms with Crippen molar-refractivity contribution >= 4 is 14.5 Å². The van der Waals surface area contributed by atoms with Crippen LogP contribution in [0.4, 0.5) is 4.39 Å². The summed E-state index contributed by atoms with van der Waals surface area (Å²) in [6, 6.07) is 9.89. The summed E-state index contributed by atoms with van der Waals surface area (Å²) in [6.07, 6.45) is -1.89. The van der Waals surface area contributed by atoms with Crippen LogP contribution >= 0.6 is 8.53 Å². The van der Waals surface area contributed by atoms with E-state index in [-0.39, 0.29) is 25.7 Å². The second-order valence-electron chi connectivity index (χ2n) is 6.88. The summed E-state index contributed by atoms with van der Waals surface area (Å²) in [6.45, 7) is 3.25. The second kappa shape index (κ2) is 13.1. The molecule has 0 aliphatic heterocycles. The SMILES string of the molecule is COC(COP(NCC(=O)OC(C)C)Oc1ccccc1)CC(F)n1ccc(=O)[nH]c1=O. The number of hydrogen-bond acceptors (Lipinski definition) is 8. The van der Waals surface area contributed by atoms with Crippen LogP contribution in [0.15, 0.2) is 52.2 Å². The summed E-state index contributed by atoms with van der Waals surface area (Å²) in [7, 11) is -0.413. The zero-order valence-electron chi connectivity index (χ0n) is 18.0. The van der Waals surface area contributed by atoms with Gasteiger partial charge in [0.05, 0.1) is 18.8 Å². The molecular weight excluding hydrogens is 444 g/mol. The van der Waals surface area contributed by atoms with Crippen molar-refractivity contribution in [2.75, 3.05) is 20.3 Å². The summed E-state index contributed by atoms with van der Waals surface area (Å²) < 4.78 is 37.2. The zero-order chi connectivity index (χ0) is 23.5. The number of rotatable bonds is 13. The molecule has 0 aliphatic rings. The highest BCUT2D eigenvalue weighted by Crippen LogP contribution is 2.35. The van der Waals surface area contributed by atoms with Gasteiger partial charge < -0.3 is 18.5 Å². The average Bonchev–Trinajstić information content (AvgIpc) is 2.74. The number of nitrogens with zero attached hydrogens (tertiary/aromatic N) is 1. The Labute approximate surface area is 185 Å². The quantitative estimate of drug-likeness (QED) is 0.337. The Balaban J connectivity index is 1.98. The molecule has 0 saturated heterocycles. The fourth-order valence-electron chi connectivity index (χ4n) is 2.48. The lowest BCUT2D eigenvalue weighted by Crippen LogP contribution is -2.32. The molecule has 3 atom stereocenters. The number of carbonyl (C=O) groups excluding carboxylic acids is 1. The number of esters is 1. The van der Waals surface area contributed by atoms with Crippen LogP contribution in [0.5, 0.6) is 5.75 Å². The maximum atomic E-state index is 14.6. The molecule has 0 saturated carbocycles. The van der Waals surface area contributed by atoms with E-state index in [9.17, 15) is 18.8 Å². The van der Waals surface area contributed by atoms with Crippen molar-refractivity contribution in [3.63, 3.8) is 0 Å². The van der Waals surface area contributed by atoms with Gasteiger partial charge in [0.15, 0.2) is 6.30 Å². The van der Waals surface area contributed by atoms with E-state index in [4.69, 9.17) is 18.5 Å². The molecule has 0 radical (unpaired) electrons. The van der Waals surface area contributed by atoms with E-state index in [0.29, 0.717) is 5.75 Å². The van der Waals surface area contributed by atoms with Gasteiger partial charge in [-0.05, 0) is 26.0 Å². The van der Waals surface area contributed by atoms with E-state index >= 15 is 0 Å². The van der Waals surface area contributed by atoms with E-state index in [2.05, 4.69) is 5.09 Å². The van der Waals surface area contributed by atoms with Crippen LogP contribution in [-0.4, -0.2) is 48.0 Å². The summed E-state index contributed by atoms with van der Waals surface area (Å²) in [5, 5.41) is 2.85. The van der Waals surface area contributed by atoms with Gasteiger partial charge in [-0.1, -0.05) is 18.2 Å². The van der Waals surface area contributed by atoms with Crippen LogP contribution in [0.1, 0.15) is 26.6 Å². The minimum absolute atomic E-state index is 0.0835. The maximum Gasteiger partial charge on any atom is 0.330 e. The molecule has 2 aromatic rings. The van der Waals surface area contributed by atoms with Gasteiger partial charge in [0.25, 0.3) is 5.56 Å². The molecule has 2 rings (SSSR count). The molecule has 10 nitrogen and oxygen atoms in total. The fraction of sp³-hybridized carbons (Fsp3) is 0.450. The van der Waals surface area contributed by atoms with Crippen molar-refractivity contribution < 1.29 is 27.7 Å². The number of nitrogens with one attached hydrogen (secondary N) is 2. The topological polar surface area (TPSA) is 121 Å². The van der Waals surface area contributed by atoms with Crippen LogP contribution in [0.2, 0.25) is 0 Å². The predicted octanol–water partition coefficient (Wildman–Crippen LogP) is 2.27. The van der Waals surface area contributed by atoms with Gasteiger partial charge in [-0.3, -0.25) is 19.1 Å². The third kappa shape index (κ3) is 8.88. The van der Waals surface area contributed by atoms with Gasteiger partial charge in [0, 0.05) is 25.8 Å². The Hall–Kier alpha value is -2.59. The first-order valence-corrected chi connectivity index (χ1v) is 11.0. The lowest BCUT2D eigenvalue weighted by Gasteiger charge is -2.23. The molecule has 2 N–H and O–H groups in total. The highest BCUT2D eigenvalue weighted by molar-refractivity contribution is 7.45. The molecule has 1 aromatic carbocycles. The van der Waals surface area contributed by atoms with E-state index < -0.39 is 38.1 Å². The first-order chi connectivity index (χ1) is 15.3. The third-order valence-corrected chi connectivity index (χ3v) is 5.15. The van der Waals surface area contributed by atoms with E-state index in [1.165, 1.54) is 7.11 Å². The highest BCUT2D eigenvalue weighted by atomic mass is 31.2. The number of alkyl halides is 1. The minimum atomic E-state index is -1.79. The van der Waals surface area contributed by atoms with Crippen LogP contribution in [0, 0.1) is 0 Å². The maximum absolute atomic E-state index is 14.6. The van der Waals surface area contributed by atoms with Crippen molar-refractivity contribution in [2.45, 2.75) is 38.8 Å². The van der Waals surface area contributed by atoms with Crippen molar-refractivity contribution in [3.8, 4) is 5.75 Å². The summed E-state index contributed by atoms with van der Waals surface area (Å²) >= 11 is 0. The van der Waals surface area contributed by atoms with Crippen LogP contribution in [0.3, 0.4) is 0 Å². The van der Waals surface area contributed by atoms with Crippen LogP contribution in [0.25, 0.3) is 0 Å². The molecule has 32 heavy (non-hydrogen) atoms. The molecule has 12 heteroatoms. The number of halogens is 1. The number of carbonyl (C=O) groups is 1. The number of H-pyrrole nitrogens is 1. The molecule has 0 fully saturated rings. The van der Waals surface area contributed by atoms with Gasteiger partial charge in [-0.25, -0.2) is 14.3 Å². The zero-order valence-corrected chi connectivity index (χ0v) is 18.9. The van der Waals surface area contributed by atoms with Crippen molar-refractivity contribution in [1.82, 2.24) is 14.6 Å². The van der Waals surface area contributed by atoms with Crippen molar-refractivity contribution in [3.05, 3.63) is 63.4 Å². The smallest absolute Gasteiger partial charge is 0.330 e. The Morgan fingerprint density at radius 3 is 2.56 bits per heavy atom. The molecule has 3 unspecified atom stereocenters. The second-order valence-corrected chi connectivity index (χ2v) is 8.15. The Bertz CT molecular complexity index is 954. The molecule has 0 aliphatic carbocycles. The average molecular weight is 471 g/mol. The van der Waals surface area contributed by atoms with Gasteiger partial charge >= 0.3 is 20.2 Å². The predicted molar refractivity (Wildman–Crippen MR) is 116 cm³/mol. The summed E-state index contributed by atoms with van der Waals surface area (Å²) in [5.41, 5.74) is -1.48. The van der Waals surface area contributed by atoms with Gasteiger partial charge in [-0.15, -0.1) is 0 Å². The minimum Gasteiger partial charge on any atom is -0.462 e. The summed E-state index contributed by atoms with van der Waals surface area (Å²) in [5.74, 6) is 0.0396. The normalized spacial score (nSPS) is 14.0.